The number of aromatic nitrogens is 3. The lowest BCUT2D eigenvalue weighted by atomic mass is 9.84. The first-order chi connectivity index (χ1) is 15.0. The number of amides is 2. The van der Waals surface area contributed by atoms with Gasteiger partial charge in [-0.1, -0.05) is 60.7 Å². The Labute approximate surface area is 177 Å². The van der Waals surface area contributed by atoms with E-state index in [1.54, 1.807) is 36.4 Å². The van der Waals surface area contributed by atoms with Crippen molar-refractivity contribution in [3.8, 4) is 0 Å². The van der Waals surface area contributed by atoms with Gasteiger partial charge >= 0.3 is 11.4 Å². The van der Waals surface area contributed by atoms with Crippen molar-refractivity contribution in [2.45, 2.75) is 19.0 Å². The van der Waals surface area contributed by atoms with Gasteiger partial charge in [-0.05, 0) is 24.1 Å². The van der Waals surface area contributed by atoms with Crippen molar-refractivity contribution < 1.29 is 9.59 Å². The van der Waals surface area contributed by atoms with Crippen LogP contribution in [0.3, 0.4) is 0 Å². The number of imide groups is 1. The van der Waals surface area contributed by atoms with Gasteiger partial charge < -0.3 is 0 Å². The second kappa shape index (κ2) is 7.39. The van der Waals surface area contributed by atoms with Crippen LogP contribution in [0.1, 0.15) is 18.0 Å². The fourth-order valence-electron chi connectivity index (χ4n) is 4.38. The third-order valence-corrected chi connectivity index (χ3v) is 5.94. The zero-order chi connectivity index (χ0) is 21.5. The van der Waals surface area contributed by atoms with E-state index in [4.69, 9.17) is 0 Å². The Hall–Kier alpha value is -3.94. The maximum absolute atomic E-state index is 13.0. The lowest BCUT2D eigenvalue weighted by Crippen LogP contribution is -2.33. The summed E-state index contributed by atoms with van der Waals surface area (Å²) in [5, 5.41) is 2.60. The van der Waals surface area contributed by atoms with Crippen molar-refractivity contribution in [3.63, 3.8) is 0 Å². The van der Waals surface area contributed by atoms with E-state index in [9.17, 15) is 19.2 Å². The molecule has 3 atom stereocenters. The molecule has 0 spiro atoms. The average molecular weight is 416 g/mol. The summed E-state index contributed by atoms with van der Waals surface area (Å²) in [6.45, 7) is 0.156. The molecule has 2 aliphatic rings. The van der Waals surface area contributed by atoms with E-state index in [0.717, 1.165) is 10.1 Å². The molecule has 1 N–H and O–H groups in total. The largest absolute Gasteiger partial charge is 0.347 e. The highest BCUT2D eigenvalue weighted by atomic mass is 16.2. The Kier molecular flexibility index (Phi) is 4.54. The first-order valence-corrected chi connectivity index (χ1v) is 10.1. The highest BCUT2D eigenvalue weighted by Crippen LogP contribution is 2.39. The number of fused-ring (bicyclic) bond motifs is 1. The van der Waals surface area contributed by atoms with E-state index in [1.807, 2.05) is 36.4 Å². The number of carbonyl (C=O) groups is 2. The molecule has 1 aliphatic heterocycles. The standard InChI is InChI=1S/C23H20N4O4/c28-20-18-12-11-17(13-19(18)21(29)26(20)16-9-5-2-6-10-16)27-23(31)25(22(30)24-27)14-15-7-3-1-4-8-15/h1-12,17-19H,13-14H2,(H,24,30). The summed E-state index contributed by atoms with van der Waals surface area (Å²) in [4.78, 5) is 52.4. The number of H-pyrrole nitrogens is 1. The predicted molar refractivity (Wildman–Crippen MR) is 114 cm³/mol. The van der Waals surface area contributed by atoms with Crippen LogP contribution in [0.25, 0.3) is 0 Å². The van der Waals surface area contributed by atoms with E-state index in [1.165, 1.54) is 9.58 Å². The molecular weight excluding hydrogens is 396 g/mol. The number of benzene rings is 2. The van der Waals surface area contributed by atoms with Crippen molar-refractivity contribution in [2.75, 3.05) is 4.90 Å². The van der Waals surface area contributed by atoms with Gasteiger partial charge in [-0.25, -0.2) is 28.8 Å². The zero-order valence-electron chi connectivity index (χ0n) is 16.5. The first kappa shape index (κ1) is 19.0. The lowest BCUT2D eigenvalue weighted by Gasteiger charge is -2.23. The number of nitrogens with one attached hydrogen (secondary N) is 1. The first-order valence-electron chi connectivity index (χ1n) is 10.1. The average Bonchev–Trinajstić information content (AvgIpc) is 3.22. The molecule has 2 aromatic carbocycles. The van der Waals surface area contributed by atoms with Gasteiger partial charge in [0.05, 0.1) is 30.1 Å². The topological polar surface area (TPSA) is 97.2 Å². The Bertz CT molecular complexity index is 1290. The summed E-state index contributed by atoms with van der Waals surface area (Å²) in [7, 11) is 0. The number of hydrogen-bond donors (Lipinski definition) is 1. The minimum atomic E-state index is -0.574. The molecule has 8 nitrogen and oxygen atoms in total. The maximum Gasteiger partial charge on any atom is 0.347 e. The van der Waals surface area contributed by atoms with Crippen molar-refractivity contribution in [1.82, 2.24) is 14.3 Å². The smallest absolute Gasteiger partial charge is 0.274 e. The van der Waals surface area contributed by atoms with Crippen LogP contribution in [0.2, 0.25) is 0 Å². The molecule has 5 rings (SSSR count). The molecule has 0 bridgehead atoms. The number of nitrogens with zero attached hydrogens (tertiary/aromatic N) is 3. The van der Waals surface area contributed by atoms with Gasteiger partial charge in [0.15, 0.2) is 0 Å². The molecule has 2 amide bonds. The Morgan fingerprint density at radius 2 is 1.52 bits per heavy atom. The van der Waals surface area contributed by atoms with E-state index in [-0.39, 0.29) is 24.8 Å². The maximum atomic E-state index is 13.0. The molecule has 1 aromatic heterocycles. The van der Waals surface area contributed by atoms with Gasteiger partial charge in [-0.15, -0.1) is 0 Å². The predicted octanol–water partition coefficient (Wildman–Crippen LogP) is 1.69. The van der Waals surface area contributed by atoms with Gasteiger partial charge in [-0.3, -0.25) is 9.59 Å². The Balaban J connectivity index is 1.43. The fraction of sp³-hybridized carbons (Fsp3) is 0.217. The normalized spacial score (nSPS) is 22.7. The van der Waals surface area contributed by atoms with Gasteiger partial charge in [0.25, 0.3) is 0 Å². The molecule has 1 fully saturated rings. The van der Waals surface area contributed by atoms with Crippen molar-refractivity contribution in [2.24, 2.45) is 11.8 Å². The molecule has 0 saturated carbocycles. The highest BCUT2D eigenvalue weighted by molar-refractivity contribution is 6.22. The summed E-state index contributed by atoms with van der Waals surface area (Å²) in [5.74, 6) is -1.68. The van der Waals surface area contributed by atoms with Crippen molar-refractivity contribution >= 4 is 17.5 Å². The second-order valence-corrected chi connectivity index (χ2v) is 7.81. The lowest BCUT2D eigenvalue weighted by molar-refractivity contribution is -0.122. The quantitative estimate of drug-likeness (QED) is 0.517. The number of anilines is 1. The summed E-state index contributed by atoms with van der Waals surface area (Å²) in [6.07, 6.45) is 3.67. The second-order valence-electron chi connectivity index (χ2n) is 7.81. The molecule has 0 radical (unpaired) electrons. The third kappa shape index (κ3) is 3.16. The summed E-state index contributed by atoms with van der Waals surface area (Å²) in [5.41, 5.74) is 0.390. The highest BCUT2D eigenvalue weighted by Gasteiger charge is 2.49. The zero-order valence-corrected chi connectivity index (χ0v) is 16.5. The van der Waals surface area contributed by atoms with E-state index < -0.39 is 29.3 Å². The van der Waals surface area contributed by atoms with Gasteiger partial charge in [0.1, 0.15) is 0 Å². The van der Waals surface area contributed by atoms with Crippen LogP contribution in [-0.4, -0.2) is 26.2 Å². The third-order valence-electron chi connectivity index (χ3n) is 5.94. The van der Waals surface area contributed by atoms with Gasteiger partial charge in [-0.2, -0.15) is 0 Å². The molecule has 156 valence electrons. The molecule has 2 heterocycles. The monoisotopic (exact) mass is 416 g/mol. The molecule has 1 saturated heterocycles. The number of aromatic amines is 1. The van der Waals surface area contributed by atoms with Crippen LogP contribution in [0, 0.1) is 11.8 Å². The SMILES string of the molecule is O=C1C2C=CC(n3[nH]c(=O)n(Cc4ccccc4)c3=O)CC2C(=O)N1c1ccccc1. The Morgan fingerprint density at radius 1 is 0.839 bits per heavy atom. The molecule has 8 heteroatoms. The molecule has 31 heavy (non-hydrogen) atoms. The van der Waals surface area contributed by atoms with Crippen LogP contribution in [-0.2, 0) is 16.1 Å². The van der Waals surface area contributed by atoms with E-state index in [2.05, 4.69) is 5.10 Å². The minimum Gasteiger partial charge on any atom is -0.274 e. The molecular formula is C23H20N4O4. The summed E-state index contributed by atoms with van der Waals surface area (Å²) < 4.78 is 2.38. The van der Waals surface area contributed by atoms with Crippen LogP contribution in [0.15, 0.2) is 82.4 Å². The number of hydrogen-bond acceptors (Lipinski definition) is 4. The molecule has 3 aromatic rings. The number of allylic oxidation sites excluding steroid dienone is 1. The van der Waals surface area contributed by atoms with Crippen LogP contribution >= 0.6 is 0 Å². The van der Waals surface area contributed by atoms with Crippen molar-refractivity contribution in [3.05, 3.63) is 99.3 Å². The van der Waals surface area contributed by atoms with Crippen LogP contribution < -0.4 is 16.3 Å². The van der Waals surface area contributed by atoms with E-state index >= 15 is 0 Å². The molecule has 3 unspecified atom stereocenters. The number of para-hydroxylation sites is 1. The van der Waals surface area contributed by atoms with Crippen molar-refractivity contribution in [1.29, 1.82) is 0 Å². The number of rotatable bonds is 4. The fourth-order valence-corrected chi connectivity index (χ4v) is 4.38. The van der Waals surface area contributed by atoms with Crippen LogP contribution in [0.4, 0.5) is 5.69 Å². The van der Waals surface area contributed by atoms with Gasteiger partial charge in [0, 0.05) is 0 Å². The van der Waals surface area contributed by atoms with Crippen LogP contribution in [0.5, 0.6) is 0 Å². The molecule has 1 aliphatic carbocycles. The van der Waals surface area contributed by atoms with E-state index in [0.29, 0.717) is 5.69 Å². The van der Waals surface area contributed by atoms with Gasteiger partial charge in [0.2, 0.25) is 11.8 Å². The minimum absolute atomic E-state index is 0.156. The summed E-state index contributed by atoms with van der Waals surface area (Å²) in [6, 6.07) is 17.5. The summed E-state index contributed by atoms with van der Waals surface area (Å²) >= 11 is 0. The Morgan fingerprint density at radius 3 is 2.23 bits per heavy atom. The number of carbonyl (C=O) groups excluding carboxylic acids is 2.